The average Bonchev–Trinajstić information content (AvgIpc) is 2.78. The SMILES string of the molecule is CN(Cc1ccccc1C(F)(F)F)C(=O)Nc1cccc(OCC(=O)Nc2ccccc2)c1. The fraction of sp³-hybridized carbons (Fsp3) is 0.167. The lowest BCUT2D eigenvalue weighted by molar-refractivity contribution is -0.138. The molecule has 3 aromatic rings. The highest BCUT2D eigenvalue weighted by Gasteiger charge is 2.33. The van der Waals surface area contributed by atoms with Crippen LogP contribution in [0.15, 0.2) is 78.9 Å². The van der Waals surface area contributed by atoms with Crippen LogP contribution in [0.3, 0.4) is 0 Å². The zero-order chi connectivity index (χ0) is 23.8. The van der Waals surface area contributed by atoms with Crippen molar-refractivity contribution in [3.8, 4) is 5.75 Å². The largest absolute Gasteiger partial charge is 0.484 e. The molecule has 3 aromatic carbocycles. The first-order chi connectivity index (χ1) is 15.7. The second-order valence-electron chi connectivity index (χ2n) is 7.17. The summed E-state index contributed by atoms with van der Waals surface area (Å²) in [5.74, 6) is -0.000200. The average molecular weight is 457 g/mol. The molecule has 172 valence electrons. The van der Waals surface area contributed by atoms with Crippen molar-refractivity contribution in [1.29, 1.82) is 0 Å². The molecule has 0 fully saturated rings. The zero-order valence-electron chi connectivity index (χ0n) is 17.7. The van der Waals surface area contributed by atoms with Crippen molar-refractivity contribution in [3.05, 3.63) is 90.0 Å². The number of carbonyl (C=O) groups excluding carboxylic acids is 2. The van der Waals surface area contributed by atoms with E-state index in [0.717, 1.165) is 11.0 Å². The Labute approximate surface area is 189 Å². The molecule has 0 spiro atoms. The van der Waals surface area contributed by atoms with Crippen LogP contribution in [0.25, 0.3) is 0 Å². The molecule has 9 heteroatoms. The van der Waals surface area contributed by atoms with Crippen LogP contribution in [0, 0.1) is 0 Å². The van der Waals surface area contributed by atoms with Gasteiger partial charge in [-0.2, -0.15) is 13.2 Å². The molecule has 0 saturated heterocycles. The van der Waals surface area contributed by atoms with Crippen LogP contribution < -0.4 is 15.4 Å². The summed E-state index contributed by atoms with van der Waals surface area (Å²) in [6.07, 6.45) is -4.51. The highest BCUT2D eigenvalue weighted by atomic mass is 19.4. The fourth-order valence-corrected chi connectivity index (χ4v) is 3.01. The molecule has 2 N–H and O–H groups in total. The highest BCUT2D eigenvalue weighted by molar-refractivity contribution is 5.92. The molecule has 0 aliphatic rings. The van der Waals surface area contributed by atoms with Crippen LogP contribution in [0.5, 0.6) is 5.75 Å². The number of ether oxygens (including phenoxy) is 1. The summed E-state index contributed by atoms with van der Waals surface area (Å²) in [5.41, 5.74) is 0.220. The van der Waals surface area contributed by atoms with E-state index in [1.54, 1.807) is 42.5 Å². The first-order valence-corrected chi connectivity index (χ1v) is 9.97. The normalized spacial score (nSPS) is 10.9. The number of rotatable bonds is 7. The molecule has 6 nitrogen and oxygen atoms in total. The Morgan fingerprint density at radius 3 is 2.27 bits per heavy atom. The quantitative estimate of drug-likeness (QED) is 0.500. The molecular formula is C24H22F3N3O3. The van der Waals surface area contributed by atoms with Gasteiger partial charge in [0.2, 0.25) is 0 Å². The first kappa shape index (κ1) is 23.6. The lowest BCUT2D eigenvalue weighted by Crippen LogP contribution is -2.31. The number of hydrogen-bond acceptors (Lipinski definition) is 3. The molecule has 0 unspecified atom stereocenters. The van der Waals surface area contributed by atoms with Gasteiger partial charge in [-0.05, 0) is 35.9 Å². The Hall–Kier alpha value is -4.01. The second-order valence-corrected chi connectivity index (χ2v) is 7.17. The molecule has 33 heavy (non-hydrogen) atoms. The van der Waals surface area contributed by atoms with Crippen LogP contribution in [-0.4, -0.2) is 30.5 Å². The van der Waals surface area contributed by atoms with Gasteiger partial charge in [0.15, 0.2) is 6.61 Å². The van der Waals surface area contributed by atoms with E-state index >= 15 is 0 Å². The minimum atomic E-state index is -4.51. The van der Waals surface area contributed by atoms with E-state index in [9.17, 15) is 22.8 Å². The summed E-state index contributed by atoms with van der Waals surface area (Å²) >= 11 is 0. The third-order valence-corrected chi connectivity index (χ3v) is 4.59. The molecular weight excluding hydrogens is 435 g/mol. The number of benzene rings is 3. The van der Waals surface area contributed by atoms with Crippen molar-refractivity contribution in [2.75, 3.05) is 24.3 Å². The zero-order valence-corrected chi connectivity index (χ0v) is 17.7. The van der Waals surface area contributed by atoms with Gasteiger partial charge in [0.05, 0.1) is 5.56 Å². The molecule has 0 saturated carbocycles. The monoisotopic (exact) mass is 457 g/mol. The summed E-state index contributed by atoms with van der Waals surface area (Å²) in [5, 5.41) is 5.30. The van der Waals surface area contributed by atoms with Crippen molar-refractivity contribution in [3.63, 3.8) is 0 Å². The number of anilines is 2. The van der Waals surface area contributed by atoms with E-state index in [2.05, 4.69) is 10.6 Å². The lowest BCUT2D eigenvalue weighted by Gasteiger charge is -2.21. The van der Waals surface area contributed by atoms with Gasteiger partial charge >= 0.3 is 12.2 Å². The summed E-state index contributed by atoms with van der Waals surface area (Å²) in [6.45, 7) is -0.461. The number of urea groups is 1. The molecule has 3 rings (SSSR count). The number of alkyl halides is 3. The van der Waals surface area contributed by atoms with E-state index in [1.165, 1.54) is 31.3 Å². The third kappa shape index (κ3) is 6.99. The Kier molecular flexibility index (Phi) is 7.55. The fourth-order valence-electron chi connectivity index (χ4n) is 3.01. The maximum atomic E-state index is 13.2. The number of nitrogens with zero attached hydrogens (tertiary/aromatic N) is 1. The van der Waals surface area contributed by atoms with E-state index < -0.39 is 17.8 Å². The van der Waals surface area contributed by atoms with Crippen molar-refractivity contribution in [2.45, 2.75) is 12.7 Å². The summed E-state index contributed by atoms with van der Waals surface area (Å²) in [6, 6.07) is 19.8. The number of amides is 3. The Morgan fingerprint density at radius 1 is 0.879 bits per heavy atom. The van der Waals surface area contributed by atoms with E-state index in [1.807, 2.05) is 6.07 Å². The first-order valence-electron chi connectivity index (χ1n) is 9.97. The summed E-state index contributed by atoms with van der Waals surface area (Å²) < 4.78 is 45.0. The maximum absolute atomic E-state index is 13.2. The maximum Gasteiger partial charge on any atom is 0.416 e. The van der Waals surface area contributed by atoms with Gasteiger partial charge < -0.3 is 20.3 Å². The van der Waals surface area contributed by atoms with Gasteiger partial charge in [0, 0.05) is 31.0 Å². The number of para-hydroxylation sites is 1. The Bertz CT molecular complexity index is 1100. The molecule has 0 aliphatic carbocycles. The van der Waals surface area contributed by atoms with Crippen molar-refractivity contribution in [1.82, 2.24) is 4.90 Å². The second kappa shape index (κ2) is 10.5. The Balaban J connectivity index is 1.56. The number of hydrogen-bond donors (Lipinski definition) is 2. The third-order valence-electron chi connectivity index (χ3n) is 4.59. The van der Waals surface area contributed by atoms with Crippen LogP contribution >= 0.6 is 0 Å². The smallest absolute Gasteiger partial charge is 0.416 e. The topological polar surface area (TPSA) is 70.7 Å². The van der Waals surface area contributed by atoms with Gasteiger partial charge in [-0.1, -0.05) is 42.5 Å². The number of carbonyl (C=O) groups is 2. The van der Waals surface area contributed by atoms with Gasteiger partial charge in [0.1, 0.15) is 5.75 Å². The van der Waals surface area contributed by atoms with E-state index in [4.69, 9.17) is 4.74 Å². The molecule has 0 aliphatic heterocycles. The van der Waals surface area contributed by atoms with Crippen LogP contribution in [-0.2, 0) is 17.5 Å². The molecule has 0 heterocycles. The molecule has 0 bridgehead atoms. The van der Waals surface area contributed by atoms with Crippen LogP contribution in [0.4, 0.5) is 29.3 Å². The standard InChI is InChI=1S/C24H22F3N3O3/c1-30(15-17-8-5-6-13-21(17)24(25,26)27)23(32)29-19-11-7-12-20(14-19)33-16-22(31)28-18-9-3-2-4-10-18/h2-14H,15-16H2,1H3,(H,28,31)(H,29,32). The molecule has 0 radical (unpaired) electrons. The summed E-state index contributed by atoms with van der Waals surface area (Å²) in [4.78, 5) is 25.6. The molecule has 0 atom stereocenters. The van der Waals surface area contributed by atoms with Crippen molar-refractivity contribution in [2.24, 2.45) is 0 Å². The molecule has 0 aromatic heterocycles. The van der Waals surface area contributed by atoms with Gasteiger partial charge in [-0.25, -0.2) is 4.79 Å². The summed E-state index contributed by atoms with van der Waals surface area (Å²) in [7, 11) is 1.40. The number of halogens is 3. The minimum absolute atomic E-state index is 0.0100. The van der Waals surface area contributed by atoms with Crippen LogP contribution in [0.1, 0.15) is 11.1 Å². The predicted octanol–water partition coefficient (Wildman–Crippen LogP) is 5.39. The van der Waals surface area contributed by atoms with Crippen molar-refractivity contribution >= 4 is 23.3 Å². The van der Waals surface area contributed by atoms with Crippen LogP contribution in [0.2, 0.25) is 0 Å². The molecule has 3 amide bonds. The van der Waals surface area contributed by atoms with Crippen molar-refractivity contribution < 1.29 is 27.5 Å². The number of nitrogens with one attached hydrogen (secondary N) is 2. The predicted molar refractivity (Wildman–Crippen MR) is 119 cm³/mol. The highest BCUT2D eigenvalue weighted by Crippen LogP contribution is 2.32. The van der Waals surface area contributed by atoms with E-state index in [0.29, 0.717) is 17.1 Å². The minimum Gasteiger partial charge on any atom is -0.484 e. The Morgan fingerprint density at radius 2 is 1.55 bits per heavy atom. The van der Waals surface area contributed by atoms with Gasteiger partial charge in [0.25, 0.3) is 5.91 Å². The van der Waals surface area contributed by atoms with E-state index in [-0.39, 0.29) is 24.6 Å². The lowest BCUT2D eigenvalue weighted by atomic mass is 10.1. The van der Waals surface area contributed by atoms with Gasteiger partial charge in [-0.15, -0.1) is 0 Å². The van der Waals surface area contributed by atoms with Gasteiger partial charge in [-0.3, -0.25) is 4.79 Å².